The molecule has 0 aromatic heterocycles. The Labute approximate surface area is 218 Å². The molecular weight excluding hydrogens is 468 g/mol. The first-order chi connectivity index (χ1) is 18.0. The fourth-order valence-corrected chi connectivity index (χ4v) is 4.68. The topological polar surface area (TPSA) is 83.1 Å². The van der Waals surface area contributed by atoms with Gasteiger partial charge in [0.25, 0.3) is 5.91 Å². The molecule has 1 saturated heterocycles. The number of amides is 3. The number of benzene rings is 3. The Kier molecular flexibility index (Phi) is 9.48. The van der Waals surface area contributed by atoms with Crippen LogP contribution in [-0.2, 0) is 16.1 Å². The van der Waals surface area contributed by atoms with Crippen LogP contribution in [0.1, 0.15) is 40.9 Å². The summed E-state index contributed by atoms with van der Waals surface area (Å²) < 4.78 is 5.45. The summed E-state index contributed by atoms with van der Waals surface area (Å²) in [5.41, 5.74) is 4.86. The van der Waals surface area contributed by atoms with E-state index in [4.69, 9.17) is 9.57 Å². The van der Waals surface area contributed by atoms with E-state index in [9.17, 15) is 9.59 Å². The van der Waals surface area contributed by atoms with Crippen molar-refractivity contribution in [3.05, 3.63) is 83.4 Å². The lowest BCUT2D eigenvalue weighted by atomic mass is 10.00. The molecule has 1 aliphatic rings. The maximum absolute atomic E-state index is 13.5. The number of ether oxygens (including phenoxy) is 1. The lowest BCUT2D eigenvalue weighted by Gasteiger charge is -2.29. The first-order valence-corrected chi connectivity index (χ1v) is 12.8. The van der Waals surface area contributed by atoms with E-state index in [2.05, 4.69) is 40.0 Å². The smallest absolute Gasteiger partial charge is 0.318 e. The van der Waals surface area contributed by atoms with Crippen LogP contribution in [-0.4, -0.2) is 68.2 Å². The van der Waals surface area contributed by atoms with E-state index in [0.29, 0.717) is 18.7 Å². The van der Waals surface area contributed by atoms with Crippen LogP contribution in [0.25, 0.3) is 10.8 Å². The monoisotopic (exact) mass is 504 g/mol. The molecule has 8 nitrogen and oxygen atoms in total. The summed E-state index contributed by atoms with van der Waals surface area (Å²) in [6, 6.07) is 21.4. The summed E-state index contributed by atoms with van der Waals surface area (Å²) >= 11 is 0. The van der Waals surface area contributed by atoms with E-state index in [1.54, 1.807) is 12.1 Å². The quantitative estimate of drug-likeness (QED) is 0.406. The van der Waals surface area contributed by atoms with E-state index >= 15 is 0 Å². The molecule has 0 unspecified atom stereocenters. The number of carbonyl (C=O) groups excluding carboxylic acids is 2. The Bertz CT molecular complexity index is 1170. The number of hydrogen-bond donors (Lipinski definition) is 2. The van der Waals surface area contributed by atoms with Gasteiger partial charge in [-0.3, -0.25) is 14.5 Å². The molecule has 1 fully saturated rings. The van der Waals surface area contributed by atoms with Gasteiger partial charge in [-0.1, -0.05) is 54.6 Å². The van der Waals surface area contributed by atoms with Crippen LogP contribution in [0, 0.1) is 0 Å². The molecule has 0 saturated carbocycles. The van der Waals surface area contributed by atoms with Gasteiger partial charge < -0.3 is 15.0 Å². The summed E-state index contributed by atoms with van der Waals surface area (Å²) in [5, 5.41) is 5.51. The van der Waals surface area contributed by atoms with Gasteiger partial charge in [0.2, 0.25) is 0 Å². The molecule has 1 atom stereocenters. The molecule has 0 bridgehead atoms. The first kappa shape index (κ1) is 26.6. The van der Waals surface area contributed by atoms with Crippen LogP contribution in [0.3, 0.4) is 0 Å². The highest BCUT2D eigenvalue weighted by Crippen LogP contribution is 2.24. The lowest BCUT2D eigenvalue weighted by molar-refractivity contribution is 0.0364. The van der Waals surface area contributed by atoms with Crippen molar-refractivity contribution in [3.8, 4) is 0 Å². The van der Waals surface area contributed by atoms with Crippen molar-refractivity contribution in [1.29, 1.82) is 0 Å². The Balaban J connectivity index is 1.45. The summed E-state index contributed by atoms with van der Waals surface area (Å²) in [6.07, 6.45) is 0.865. The molecule has 37 heavy (non-hydrogen) atoms. The molecule has 1 heterocycles. The number of carbonyl (C=O) groups is 2. The highest BCUT2D eigenvalue weighted by Gasteiger charge is 2.19. The van der Waals surface area contributed by atoms with Crippen molar-refractivity contribution >= 4 is 22.7 Å². The summed E-state index contributed by atoms with van der Waals surface area (Å²) in [7, 11) is 1.40. The maximum atomic E-state index is 13.5. The van der Waals surface area contributed by atoms with Crippen LogP contribution >= 0.6 is 0 Å². The van der Waals surface area contributed by atoms with Gasteiger partial charge in [-0.05, 0) is 47.4 Å². The van der Waals surface area contributed by atoms with E-state index in [1.165, 1.54) is 7.11 Å². The fraction of sp³-hybridized carbons (Fsp3) is 0.379. The van der Waals surface area contributed by atoms with E-state index in [1.807, 2.05) is 42.2 Å². The third kappa shape index (κ3) is 7.29. The maximum Gasteiger partial charge on any atom is 0.318 e. The number of hydrogen-bond acceptors (Lipinski definition) is 5. The number of fused-ring (bicyclic) bond motifs is 1. The molecule has 4 rings (SSSR count). The van der Waals surface area contributed by atoms with E-state index in [0.717, 1.165) is 61.2 Å². The van der Waals surface area contributed by atoms with Crippen LogP contribution in [0.15, 0.2) is 66.7 Å². The second-order valence-corrected chi connectivity index (χ2v) is 9.30. The minimum absolute atomic E-state index is 0.108. The predicted molar refractivity (Wildman–Crippen MR) is 144 cm³/mol. The van der Waals surface area contributed by atoms with Crippen LogP contribution in [0.5, 0.6) is 0 Å². The summed E-state index contributed by atoms with van der Waals surface area (Å²) in [5.74, 6) is -0.307. The Morgan fingerprint density at radius 1 is 1.03 bits per heavy atom. The zero-order chi connectivity index (χ0) is 26.0. The van der Waals surface area contributed by atoms with Gasteiger partial charge in [-0.15, -0.1) is 0 Å². The van der Waals surface area contributed by atoms with Crippen molar-refractivity contribution in [1.82, 2.24) is 20.6 Å². The molecule has 0 spiro atoms. The highest BCUT2D eigenvalue weighted by atomic mass is 16.6. The van der Waals surface area contributed by atoms with Crippen molar-refractivity contribution in [3.63, 3.8) is 0 Å². The second-order valence-electron chi connectivity index (χ2n) is 9.30. The SMILES string of the molecule is CONC(=O)c1ccc(CN(CCCN2CCOCC2)C(=O)N[C@@H](C)c2cccc3ccccc23)cc1. The van der Waals surface area contributed by atoms with Crippen LogP contribution < -0.4 is 10.8 Å². The van der Waals surface area contributed by atoms with E-state index < -0.39 is 0 Å². The fourth-order valence-electron chi connectivity index (χ4n) is 4.68. The van der Waals surface area contributed by atoms with Crippen molar-refractivity contribution in [2.45, 2.75) is 25.9 Å². The van der Waals surface area contributed by atoms with Crippen LogP contribution in [0.4, 0.5) is 4.79 Å². The van der Waals surface area contributed by atoms with Gasteiger partial charge in [-0.2, -0.15) is 0 Å². The molecule has 3 amide bonds. The van der Waals surface area contributed by atoms with Gasteiger partial charge >= 0.3 is 6.03 Å². The molecule has 3 aromatic carbocycles. The number of rotatable bonds is 10. The van der Waals surface area contributed by atoms with Crippen molar-refractivity contribution in [2.75, 3.05) is 46.5 Å². The van der Waals surface area contributed by atoms with Gasteiger partial charge in [0.15, 0.2) is 0 Å². The lowest BCUT2D eigenvalue weighted by Crippen LogP contribution is -2.43. The zero-order valence-electron chi connectivity index (χ0n) is 21.6. The molecule has 0 aliphatic carbocycles. The standard InChI is InChI=1S/C29H36N4O4/c1-22(26-10-5-8-24-7-3-4-9-27(24)26)30-29(35)33(16-6-15-32-17-19-37-20-18-32)21-23-11-13-25(14-12-23)28(34)31-36-2/h3-5,7-14,22H,6,15-21H2,1-2H3,(H,30,35)(H,31,34)/t22-/m0/s1. The number of hydroxylamine groups is 1. The minimum Gasteiger partial charge on any atom is -0.379 e. The third-order valence-electron chi connectivity index (χ3n) is 6.71. The Hall–Kier alpha value is -3.46. The van der Waals surface area contributed by atoms with E-state index in [-0.39, 0.29) is 18.0 Å². The molecule has 3 aromatic rings. The van der Waals surface area contributed by atoms with Crippen LogP contribution in [0.2, 0.25) is 0 Å². The summed E-state index contributed by atoms with van der Waals surface area (Å²) in [6.45, 7) is 7.38. The van der Waals surface area contributed by atoms with Gasteiger partial charge in [0.05, 0.1) is 26.4 Å². The van der Waals surface area contributed by atoms with Crippen molar-refractivity contribution < 1.29 is 19.2 Å². The molecule has 196 valence electrons. The average Bonchev–Trinajstić information content (AvgIpc) is 2.93. The number of morpholine rings is 1. The zero-order valence-corrected chi connectivity index (χ0v) is 21.6. The Morgan fingerprint density at radius 3 is 2.51 bits per heavy atom. The van der Waals surface area contributed by atoms with Gasteiger partial charge in [0.1, 0.15) is 0 Å². The van der Waals surface area contributed by atoms with Crippen molar-refractivity contribution in [2.24, 2.45) is 0 Å². The highest BCUT2D eigenvalue weighted by molar-refractivity contribution is 5.93. The number of nitrogens with zero attached hydrogens (tertiary/aromatic N) is 2. The molecule has 8 heteroatoms. The first-order valence-electron chi connectivity index (χ1n) is 12.8. The normalized spacial score (nSPS) is 14.8. The Morgan fingerprint density at radius 2 is 1.76 bits per heavy atom. The minimum atomic E-state index is -0.307. The molecule has 2 N–H and O–H groups in total. The summed E-state index contributed by atoms with van der Waals surface area (Å²) in [4.78, 5) is 34.4. The predicted octanol–water partition coefficient (Wildman–Crippen LogP) is 4.13. The average molecular weight is 505 g/mol. The largest absolute Gasteiger partial charge is 0.379 e. The van der Waals surface area contributed by atoms with Gasteiger partial charge in [-0.25, -0.2) is 10.3 Å². The molecule has 1 aliphatic heterocycles. The van der Waals surface area contributed by atoms with Gasteiger partial charge in [0, 0.05) is 38.3 Å². The number of nitrogens with one attached hydrogen (secondary N) is 2. The molecule has 0 radical (unpaired) electrons. The number of urea groups is 1. The molecular formula is C29H36N4O4. The second kappa shape index (κ2) is 13.2. The third-order valence-corrected chi connectivity index (χ3v) is 6.71.